The van der Waals surface area contributed by atoms with E-state index in [1.807, 2.05) is 30.3 Å². The Kier molecular flexibility index (Phi) is 7.03. The first kappa shape index (κ1) is 19.9. The summed E-state index contributed by atoms with van der Waals surface area (Å²) in [5.41, 5.74) is 8.46. The van der Waals surface area contributed by atoms with Gasteiger partial charge in [0, 0.05) is 13.1 Å². The second-order valence-electron chi connectivity index (χ2n) is 7.25. The van der Waals surface area contributed by atoms with Gasteiger partial charge in [0.25, 0.3) is 0 Å². The second kappa shape index (κ2) is 9.90. The molecule has 28 heavy (non-hydrogen) atoms. The summed E-state index contributed by atoms with van der Waals surface area (Å²) in [6.45, 7) is 3.81. The summed E-state index contributed by atoms with van der Waals surface area (Å²) in [5.74, 6) is -0.135. The van der Waals surface area contributed by atoms with Gasteiger partial charge in [0.05, 0.1) is 12.5 Å². The van der Waals surface area contributed by atoms with Crippen LogP contribution in [0.3, 0.4) is 0 Å². The lowest BCUT2D eigenvalue weighted by molar-refractivity contribution is -0.121. The molecule has 1 aliphatic heterocycles. The molecule has 1 saturated heterocycles. The number of carbonyl (C=O) groups excluding carboxylic acids is 2. The number of urea groups is 1. The number of hydrogen-bond donors (Lipinski definition) is 3. The molecule has 0 spiro atoms. The van der Waals surface area contributed by atoms with E-state index in [0.717, 1.165) is 17.7 Å². The van der Waals surface area contributed by atoms with Crippen LogP contribution in [0.4, 0.5) is 4.79 Å². The smallest absolute Gasteiger partial charge is 0.312 e. The van der Waals surface area contributed by atoms with Crippen LogP contribution in [0.2, 0.25) is 0 Å². The summed E-state index contributed by atoms with van der Waals surface area (Å²) in [4.78, 5) is 26.1. The minimum atomic E-state index is -0.643. The largest absolute Gasteiger partial charge is 0.352 e. The minimum absolute atomic E-state index is 0.135. The number of primary amides is 1. The van der Waals surface area contributed by atoms with Gasteiger partial charge < -0.3 is 16.4 Å². The van der Waals surface area contributed by atoms with Gasteiger partial charge >= 0.3 is 6.03 Å². The first-order valence-electron chi connectivity index (χ1n) is 9.78. The SMILES string of the molecule is NC(=O)NC(CC(=O)NCc1ccc(CN2CCCC2)cc1)c1ccccc1. The normalized spacial score (nSPS) is 15.1. The molecule has 0 saturated carbocycles. The standard InChI is InChI=1S/C22H28N4O2/c23-22(28)25-20(19-6-2-1-3-7-19)14-21(27)24-15-17-8-10-18(11-9-17)16-26-12-4-5-13-26/h1-3,6-11,20H,4-5,12-16H2,(H,24,27)(H3,23,25,28). The summed E-state index contributed by atoms with van der Waals surface area (Å²) in [5, 5.41) is 5.56. The molecule has 1 atom stereocenters. The Hall–Kier alpha value is -2.86. The molecular formula is C22H28N4O2. The van der Waals surface area contributed by atoms with Gasteiger partial charge in [-0.3, -0.25) is 9.69 Å². The lowest BCUT2D eigenvalue weighted by Gasteiger charge is -2.18. The van der Waals surface area contributed by atoms with Crippen molar-refractivity contribution in [2.45, 2.75) is 38.4 Å². The molecule has 1 fully saturated rings. The number of rotatable bonds is 8. The topological polar surface area (TPSA) is 87.5 Å². The number of benzene rings is 2. The van der Waals surface area contributed by atoms with E-state index in [9.17, 15) is 9.59 Å². The maximum atomic E-state index is 12.4. The molecule has 6 heteroatoms. The summed E-state index contributed by atoms with van der Waals surface area (Å²) >= 11 is 0. The fraction of sp³-hybridized carbons (Fsp3) is 0.364. The zero-order valence-corrected chi connectivity index (χ0v) is 16.1. The molecule has 0 aliphatic carbocycles. The van der Waals surface area contributed by atoms with Crippen LogP contribution in [0.1, 0.15) is 42.0 Å². The molecule has 3 amide bonds. The maximum Gasteiger partial charge on any atom is 0.312 e. The van der Waals surface area contributed by atoms with Crippen molar-refractivity contribution in [2.75, 3.05) is 13.1 Å². The minimum Gasteiger partial charge on any atom is -0.352 e. The van der Waals surface area contributed by atoms with E-state index >= 15 is 0 Å². The van der Waals surface area contributed by atoms with Crippen molar-refractivity contribution in [1.82, 2.24) is 15.5 Å². The van der Waals surface area contributed by atoms with Crippen molar-refractivity contribution in [2.24, 2.45) is 5.73 Å². The van der Waals surface area contributed by atoms with E-state index in [4.69, 9.17) is 5.73 Å². The highest BCUT2D eigenvalue weighted by atomic mass is 16.2. The Morgan fingerprint density at radius 1 is 0.964 bits per heavy atom. The zero-order valence-electron chi connectivity index (χ0n) is 16.1. The van der Waals surface area contributed by atoms with Crippen molar-refractivity contribution in [3.05, 3.63) is 71.3 Å². The lowest BCUT2D eigenvalue weighted by Crippen LogP contribution is -2.36. The molecule has 6 nitrogen and oxygen atoms in total. The highest BCUT2D eigenvalue weighted by Crippen LogP contribution is 2.17. The van der Waals surface area contributed by atoms with E-state index in [1.165, 1.54) is 31.5 Å². The van der Waals surface area contributed by atoms with E-state index in [0.29, 0.717) is 6.54 Å². The number of likely N-dealkylation sites (tertiary alicyclic amines) is 1. The van der Waals surface area contributed by atoms with Crippen molar-refractivity contribution in [3.63, 3.8) is 0 Å². The Morgan fingerprint density at radius 2 is 1.61 bits per heavy atom. The number of nitrogens with zero attached hydrogens (tertiary/aromatic N) is 1. The summed E-state index contributed by atoms with van der Waals surface area (Å²) in [7, 11) is 0. The Bertz CT molecular complexity index is 771. The van der Waals surface area contributed by atoms with Gasteiger partial charge in [0.15, 0.2) is 0 Å². The third kappa shape index (κ3) is 6.09. The second-order valence-corrected chi connectivity index (χ2v) is 7.25. The van der Waals surface area contributed by atoms with Crippen LogP contribution in [0, 0.1) is 0 Å². The van der Waals surface area contributed by atoms with Crippen molar-refractivity contribution in [1.29, 1.82) is 0 Å². The van der Waals surface area contributed by atoms with Crippen molar-refractivity contribution >= 4 is 11.9 Å². The fourth-order valence-electron chi connectivity index (χ4n) is 3.53. The third-order valence-electron chi connectivity index (χ3n) is 5.03. The van der Waals surface area contributed by atoms with Crippen LogP contribution in [0.15, 0.2) is 54.6 Å². The van der Waals surface area contributed by atoms with Crippen LogP contribution in [0.5, 0.6) is 0 Å². The van der Waals surface area contributed by atoms with Gasteiger partial charge in [-0.25, -0.2) is 4.79 Å². The quantitative estimate of drug-likeness (QED) is 0.658. The molecule has 1 aliphatic rings. The monoisotopic (exact) mass is 380 g/mol. The predicted octanol–water partition coefficient (Wildman–Crippen LogP) is 2.70. The maximum absolute atomic E-state index is 12.4. The molecule has 2 aromatic rings. The molecule has 0 radical (unpaired) electrons. The first-order valence-corrected chi connectivity index (χ1v) is 9.78. The fourth-order valence-corrected chi connectivity index (χ4v) is 3.53. The van der Waals surface area contributed by atoms with Gasteiger partial charge in [-0.05, 0) is 42.6 Å². The molecule has 1 heterocycles. The Labute approximate surface area is 166 Å². The number of hydrogen-bond acceptors (Lipinski definition) is 3. The number of carbonyl (C=O) groups is 2. The van der Waals surface area contributed by atoms with Gasteiger partial charge in [-0.15, -0.1) is 0 Å². The Morgan fingerprint density at radius 3 is 2.25 bits per heavy atom. The molecule has 3 rings (SSSR count). The van der Waals surface area contributed by atoms with Crippen LogP contribution < -0.4 is 16.4 Å². The average Bonchev–Trinajstić information content (AvgIpc) is 3.20. The lowest BCUT2D eigenvalue weighted by atomic mass is 10.0. The molecule has 1 unspecified atom stereocenters. The van der Waals surface area contributed by atoms with E-state index < -0.39 is 12.1 Å². The number of amides is 3. The third-order valence-corrected chi connectivity index (χ3v) is 5.03. The van der Waals surface area contributed by atoms with Crippen LogP contribution in [-0.2, 0) is 17.9 Å². The summed E-state index contributed by atoms with van der Waals surface area (Å²) in [6.07, 6.45) is 2.72. The summed E-state index contributed by atoms with van der Waals surface area (Å²) < 4.78 is 0. The van der Waals surface area contributed by atoms with Gasteiger partial charge in [0.1, 0.15) is 0 Å². The molecule has 4 N–H and O–H groups in total. The molecule has 2 aromatic carbocycles. The van der Waals surface area contributed by atoms with Crippen LogP contribution in [-0.4, -0.2) is 29.9 Å². The van der Waals surface area contributed by atoms with Crippen LogP contribution in [0.25, 0.3) is 0 Å². The van der Waals surface area contributed by atoms with Gasteiger partial charge in [-0.2, -0.15) is 0 Å². The number of nitrogens with two attached hydrogens (primary N) is 1. The first-order chi connectivity index (χ1) is 13.6. The van der Waals surface area contributed by atoms with E-state index in [-0.39, 0.29) is 12.3 Å². The highest BCUT2D eigenvalue weighted by Gasteiger charge is 2.17. The predicted molar refractivity (Wildman–Crippen MR) is 109 cm³/mol. The molecule has 148 valence electrons. The number of nitrogens with one attached hydrogen (secondary N) is 2. The van der Waals surface area contributed by atoms with Crippen LogP contribution >= 0.6 is 0 Å². The van der Waals surface area contributed by atoms with Crippen molar-refractivity contribution < 1.29 is 9.59 Å². The molecule has 0 aromatic heterocycles. The van der Waals surface area contributed by atoms with Gasteiger partial charge in [-0.1, -0.05) is 54.6 Å². The zero-order chi connectivity index (χ0) is 19.8. The van der Waals surface area contributed by atoms with Gasteiger partial charge in [0.2, 0.25) is 5.91 Å². The van der Waals surface area contributed by atoms with E-state index in [2.05, 4.69) is 39.8 Å². The van der Waals surface area contributed by atoms with E-state index in [1.54, 1.807) is 0 Å². The Balaban J connectivity index is 1.50. The average molecular weight is 380 g/mol. The molecular weight excluding hydrogens is 352 g/mol. The summed E-state index contributed by atoms with van der Waals surface area (Å²) in [6, 6.07) is 16.6. The highest BCUT2D eigenvalue weighted by molar-refractivity contribution is 5.78. The molecule has 0 bridgehead atoms. The van der Waals surface area contributed by atoms with Crippen molar-refractivity contribution in [3.8, 4) is 0 Å².